The van der Waals surface area contributed by atoms with Gasteiger partial charge in [0.05, 0.1) is 13.7 Å². The van der Waals surface area contributed by atoms with Crippen LogP contribution in [0, 0.1) is 11.8 Å². The Kier molecular flexibility index (Phi) is 5.60. The van der Waals surface area contributed by atoms with Crippen molar-refractivity contribution in [3.8, 4) is 17.6 Å². The zero-order valence-electron chi connectivity index (χ0n) is 11.0. The van der Waals surface area contributed by atoms with E-state index in [0.717, 1.165) is 6.07 Å². The molecule has 0 unspecified atom stereocenters. The minimum Gasteiger partial charge on any atom is -0.495 e. The maximum absolute atomic E-state index is 12.1. The second-order valence-corrected chi connectivity index (χ2v) is 5.55. The summed E-state index contributed by atoms with van der Waals surface area (Å²) in [7, 11) is -3.17. The molecule has 5 nitrogen and oxygen atoms in total. The Hall–Kier alpha value is -1.76. The van der Waals surface area contributed by atoms with E-state index in [1.165, 1.54) is 24.0 Å². The average molecular weight is 322 g/mol. The first kappa shape index (κ1) is 17.3. The van der Waals surface area contributed by atoms with E-state index in [-0.39, 0.29) is 12.3 Å². The summed E-state index contributed by atoms with van der Waals surface area (Å²) in [4.78, 5) is -0.418. The minimum atomic E-state index is -4.66. The molecule has 1 aromatic rings. The first-order chi connectivity index (χ1) is 9.69. The van der Waals surface area contributed by atoms with Crippen molar-refractivity contribution in [2.75, 3.05) is 20.2 Å². The van der Waals surface area contributed by atoms with Crippen molar-refractivity contribution in [1.29, 1.82) is 0 Å². The predicted molar refractivity (Wildman–Crippen MR) is 70.2 cm³/mol. The number of nitrogens with two attached hydrogens (primary N) is 1. The summed E-state index contributed by atoms with van der Waals surface area (Å²) in [5.41, 5.74) is 5.50. The van der Waals surface area contributed by atoms with Crippen molar-refractivity contribution in [1.82, 2.24) is 4.72 Å². The zero-order valence-corrected chi connectivity index (χ0v) is 11.8. The van der Waals surface area contributed by atoms with Gasteiger partial charge in [0.25, 0.3) is 0 Å². The fourth-order valence-electron chi connectivity index (χ4n) is 1.37. The number of benzene rings is 1. The van der Waals surface area contributed by atoms with Gasteiger partial charge in [0.2, 0.25) is 10.0 Å². The molecule has 0 saturated heterocycles. The first-order valence-corrected chi connectivity index (χ1v) is 7.11. The molecule has 0 heterocycles. The highest BCUT2D eigenvalue weighted by molar-refractivity contribution is 7.89. The molecule has 0 atom stereocenters. The third kappa shape index (κ3) is 5.26. The van der Waals surface area contributed by atoms with Gasteiger partial charge in [0, 0.05) is 5.56 Å². The monoisotopic (exact) mass is 322 g/mol. The fraction of sp³-hybridized carbons (Fsp3) is 0.333. The van der Waals surface area contributed by atoms with Crippen LogP contribution in [0.2, 0.25) is 0 Å². The summed E-state index contributed by atoms with van der Waals surface area (Å²) in [6.07, 6.45) is -4.66. The molecule has 116 valence electrons. The summed E-state index contributed by atoms with van der Waals surface area (Å²) in [6.45, 7) is -1.60. The zero-order chi connectivity index (χ0) is 16.1. The van der Waals surface area contributed by atoms with Gasteiger partial charge in [-0.3, -0.25) is 0 Å². The summed E-state index contributed by atoms with van der Waals surface area (Å²) in [6, 6.07) is 3.91. The molecule has 0 saturated carbocycles. The number of sulfonamides is 1. The van der Waals surface area contributed by atoms with Crippen molar-refractivity contribution >= 4 is 10.0 Å². The second-order valence-electron chi connectivity index (χ2n) is 3.81. The van der Waals surface area contributed by atoms with E-state index < -0.39 is 27.6 Å². The van der Waals surface area contributed by atoms with Gasteiger partial charge < -0.3 is 10.5 Å². The normalized spacial score (nSPS) is 11.7. The number of rotatable bonds is 4. The predicted octanol–water partition coefficient (Wildman–Crippen LogP) is 0.846. The molecule has 0 bridgehead atoms. The number of methoxy groups -OCH3 is 1. The lowest BCUT2D eigenvalue weighted by atomic mass is 10.2. The van der Waals surface area contributed by atoms with E-state index in [1.807, 2.05) is 0 Å². The Balaban J connectivity index is 3.19. The highest BCUT2D eigenvalue weighted by atomic mass is 32.2. The van der Waals surface area contributed by atoms with Crippen LogP contribution >= 0.6 is 0 Å². The fourth-order valence-corrected chi connectivity index (χ4v) is 2.58. The Morgan fingerprint density at radius 3 is 2.57 bits per heavy atom. The van der Waals surface area contributed by atoms with Crippen LogP contribution < -0.4 is 15.2 Å². The quantitative estimate of drug-likeness (QED) is 0.805. The molecule has 0 fully saturated rings. The van der Waals surface area contributed by atoms with E-state index in [4.69, 9.17) is 10.5 Å². The number of halogens is 3. The summed E-state index contributed by atoms with van der Waals surface area (Å²) >= 11 is 0. The lowest BCUT2D eigenvalue weighted by Crippen LogP contribution is -2.34. The Labute approximate surface area is 120 Å². The molecule has 0 aliphatic carbocycles. The van der Waals surface area contributed by atoms with E-state index >= 15 is 0 Å². The van der Waals surface area contributed by atoms with Crippen molar-refractivity contribution in [3.63, 3.8) is 0 Å². The van der Waals surface area contributed by atoms with Gasteiger partial charge in [-0.05, 0) is 18.2 Å². The number of nitrogens with one attached hydrogen (secondary N) is 1. The molecular weight excluding hydrogens is 309 g/mol. The highest BCUT2D eigenvalue weighted by Gasteiger charge is 2.31. The third-order valence-corrected chi connectivity index (χ3v) is 3.67. The van der Waals surface area contributed by atoms with Crippen LogP contribution in [0.4, 0.5) is 13.2 Å². The number of hydrogen-bond acceptors (Lipinski definition) is 4. The van der Waals surface area contributed by atoms with Crippen LogP contribution in [0.5, 0.6) is 5.75 Å². The van der Waals surface area contributed by atoms with Crippen LogP contribution in [0.3, 0.4) is 0 Å². The number of hydrogen-bond donors (Lipinski definition) is 2. The number of ether oxygens (including phenoxy) is 1. The topological polar surface area (TPSA) is 81.4 Å². The minimum absolute atomic E-state index is 0.0699. The molecular formula is C12H13F3N2O3S. The van der Waals surface area contributed by atoms with E-state index in [0.29, 0.717) is 5.56 Å². The molecule has 0 radical (unpaired) electrons. The van der Waals surface area contributed by atoms with E-state index in [1.54, 1.807) is 0 Å². The van der Waals surface area contributed by atoms with Gasteiger partial charge in [-0.1, -0.05) is 11.8 Å². The molecule has 0 aromatic heterocycles. The van der Waals surface area contributed by atoms with E-state index in [2.05, 4.69) is 11.8 Å². The Bertz CT molecular complexity index is 661. The molecule has 0 aliphatic heterocycles. The summed E-state index contributed by atoms with van der Waals surface area (Å²) in [5, 5.41) is 0. The van der Waals surface area contributed by atoms with Crippen molar-refractivity contribution in [2.45, 2.75) is 11.1 Å². The standard InChI is InChI=1S/C12H13F3N2O3S/c1-20-10-5-4-9(3-2-6-16)7-11(10)21(18,19)17-8-12(13,14)15/h4-5,7,17H,6,8,16H2,1H3. The molecule has 1 rings (SSSR count). The molecule has 3 N–H and O–H groups in total. The lowest BCUT2D eigenvalue weighted by Gasteiger charge is -2.12. The van der Waals surface area contributed by atoms with E-state index in [9.17, 15) is 21.6 Å². The molecule has 9 heteroatoms. The third-order valence-electron chi connectivity index (χ3n) is 2.25. The van der Waals surface area contributed by atoms with Gasteiger partial charge in [-0.2, -0.15) is 13.2 Å². The van der Waals surface area contributed by atoms with Crippen LogP contribution in [0.15, 0.2) is 23.1 Å². The van der Waals surface area contributed by atoms with Gasteiger partial charge in [-0.15, -0.1) is 0 Å². The summed E-state index contributed by atoms with van der Waals surface area (Å²) < 4.78 is 66.6. The van der Waals surface area contributed by atoms with Crippen LogP contribution in [-0.2, 0) is 10.0 Å². The van der Waals surface area contributed by atoms with Crippen LogP contribution in [-0.4, -0.2) is 34.8 Å². The SMILES string of the molecule is COc1ccc(C#CCN)cc1S(=O)(=O)NCC(F)(F)F. The number of alkyl halides is 3. The molecule has 21 heavy (non-hydrogen) atoms. The molecule has 0 spiro atoms. The Morgan fingerprint density at radius 1 is 1.38 bits per heavy atom. The van der Waals surface area contributed by atoms with Crippen LogP contribution in [0.25, 0.3) is 0 Å². The average Bonchev–Trinajstić information content (AvgIpc) is 2.42. The van der Waals surface area contributed by atoms with Gasteiger partial charge >= 0.3 is 6.18 Å². The maximum Gasteiger partial charge on any atom is 0.402 e. The molecule has 0 amide bonds. The Morgan fingerprint density at radius 2 is 2.05 bits per heavy atom. The van der Waals surface area contributed by atoms with Gasteiger partial charge in [0.15, 0.2) is 0 Å². The van der Waals surface area contributed by atoms with Gasteiger partial charge in [0.1, 0.15) is 17.2 Å². The first-order valence-electron chi connectivity index (χ1n) is 5.63. The largest absolute Gasteiger partial charge is 0.495 e. The maximum atomic E-state index is 12.1. The molecule has 1 aromatic carbocycles. The van der Waals surface area contributed by atoms with Gasteiger partial charge in [-0.25, -0.2) is 13.1 Å². The van der Waals surface area contributed by atoms with Crippen LogP contribution in [0.1, 0.15) is 5.56 Å². The molecule has 0 aliphatic rings. The lowest BCUT2D eigenvalue weighted by molar-refractivity contribution is -0.121. The highest BCUT2D eigenvalue weighted by Crippen LogP contribution is 2.25. The van der Waals surface area contributed by atoms with Crippen molar-refractivity contribution < 1.29 is 26.3 Å². The second kappa shape index (κ2) is 6.80. The smallest absolute Gasteiger partial charge is 0.402 e. The van der Waals surface area contributed by atoms with Crippen molar-refractivity contribution in [3.05, 3.63) is 23.8 Å². The van der Waals surface area contributed by atoms with Crippen molar-refractivity contribution in [2.24, 2.45) is 5.73 Å². The summed E-state index contributed by atoms with van der Waals surface area (Å²) in [5.74, 6) is 5.03.